The Balaban J connectivity index is 2.97. The number of alkyl halides is 3. The molecule has 0 bridgehead atoms. The van der Waals surface area contributed by atoms with E-state index in [1.165, 1.54) is 0 Å². The van der Waals surface area contributed by atoms with Gasteiger partial charge in [0.05, 0.1) is 6.61 Å². The minimum Gasteiger partial charge on any atom is -0.464 e. The van der Waals surface area contributed by atoms with Gasteiger partial charge < -0.3 is 4.74 Å². The lowest BCUT2D eigenvalue weighted by Crippen LogP contribution is -2.24. The number of carbonyl (C=O) groups is 1. The molecule has 4 nitrogen and oxygen atoms in total. The summed E-state index contributed by atoms with van der Waals surface area (Å²) in [6.07, 6.45) is -2.98. The second-order valence-corrected chi connectivity index (χ2v) is 4.58. The van der Waals surface area contributed by atoms with Gasteiger partial charge in [0, 0.05) is 6.20 Å². The van der Waals surface area contributed by atoms with E-state index in [-0.39, 0.29) is 12.5 Å². The Labute approximate surface area is 109 Å². The molecule has 0 amide bonds. The van der Waals surface area contributed by atoms with Crippen molar-refractivity contribution < 1.29 is 22.7 Å². The van der Waals surface area contributed by atoms with Gasteiger partial charge in [-0.15, -0.1) is 0 Å². The van der Waals surface area contributed by atoms with E-state index in [0.29, 0.717) is 6.42 Å². The van der Waals surface area contributed by atoms with Crippen LogP contribution in [0.4, 0.5) is 13.2 Å². The first-order chi connectivity index (χ1) is 8.75. The highest BCUT2D eigenvalue weighted by atomic mass is 19.4. The fourth-order valence-electron chi connectivity index (χ4n) is 1.66. The van der Waals surface area contributed by atoms with Crippen molar-refractivity contribution in [3.8, 4) is 0 Å². The van der Waals surface area contributed by atoms with Crippen LogP contribution in [0.5, 0.6) is 0 Å². The predicted molar refractivity (Wildman–Crippen MR) is 62.4 cm³/mol. The number of hydrogen-bond donors (Lipinski definition) is 0. The van der Waals surface area contributed by atoms with Crippen molar-refractivity contribution in [3.05, 3.63) is 18.0 Å². The molecule has 1 aromatic heterocycles. The van der Waals surface area contributed by atoms with E-state index in [1.807, 2.05) is 13.8 Å². The fraction of sp³-hybridized carbons (Fsp3) is 0.667. The average Bonchev–Trinajstić information content (AvgIpc) is 2.74. The summed E-state index contributed by atoms with van der Waals surface area (Å²) in [6.45, 7) is 5.58. The van der Waals surface area contributed by atoms with Crippen LogP contribution >= 0.6 is 0 Å². The number of ether oxygens (including phenoxy) is 1. The monoisotopic (exact) mass is 278 g/mol. The van der Waals surface area contributed by atoms with E-state index >= 15 is 0 Å². The number of aromatic nitrogens is 2. The van der Waals surface area contributed by atoms with E-state index in [2.05, 4.69) is 5.10 Å². The molecule has 0 fully saturated rings. The molecule has 1 rings (SSSR count). The average molecular weight is 278 g/mol. The molecule has 0 spiro atoms. The Bertz CT molecular complexity index is 427. The first-order valence-electron chi connectivity index (χ1n) is 6.04. The minimum atomic E-state index is -4.51. The Morgan fingerprint density at radius 1 is 1.47 bits per heavy atom. The van der Waals surface area contributed by atoms with Crippen LogP contribution < -0.4 is 0 Å². The maximum absolute atomic E-state index is 12.5. The third-order valence-electron chi connectivity index (χ3n) is 2.47. The minimum absolute atomic E-state index is 0.132. The Morgan fingerprint density at radius 2 is 2.11 bits per heavy atom. The van der Waals surface area contributed by atoms with Gasteiger partial charge >= 0.3 is 12.1 Å². The van der Waals surface area contributed by atoms with Crippen molar-refractivity contribution in [2.24, 2.45) is 5.92 Å². The maximum Gasteiger partial charge on any atom is 0.435 e. The molecule has 0 saturated heterocycles. The zero-order valence-electron chi connectivity index (χ0n) is 11.1. The number of carbonyl (C=O) groups excluding carboxylic acids is 1. The zero-order valence-corrected chi connectivity index (χ0v) is 11.1. The van der Waals surface area contributed by atoms with Gasteiger partial charge in [-0.25, -0.2) is 4.79 Å². The predicted octanol–water partition coefficient (Wildman–Crippen LogP) is 3.05. The summed E-state index contributed by atoms with van der Waals surface area (Å²) >= 11 is 0. The normalized spacial score (nSPS) is 13.6. The molecule has 0 radical (unpaired) electrons. The number of esters is 1. The van der Waals surface area contributed by atoms with Crippen LogP contribution in [0.25, 0.3) is 0 Å². The van der Waals surface area contributed by atoms with E-state index in [4.69, 9.17) is 4.74 Å². The molecule has 0 saturated carbocycles. The number of halogens is 3. The summed E-state index contributed by atoms with van der Waals surface area (Å²) in [7, 11) is 0. The van der Waals surface area contributed by atoms with Crippen molar-refractivity contribution >= 4 is 5.97 Å². The van der Waals surface area contributed by atoms with Gasteiger partial charge in [0.25, 0.3) is 0 Å². The van der Waals surface area contributed by atoms with Crippen LogP contribution in [0.2, 0.25) is 0 Å². The van der Waals surface area contributed by atoms with Crippen molar-refractivity contribution in [1.82, 2.24) is 9.78 Å². The molecule has 1 heterocycles. The standard InChI is InChI=1S/C12H17F3N2O2/c1-4-19-11(18)9(7-8(2)3)17-6-5-10(16-17)12(13,14)15/h5-6,8-9H,4,7H2,1-3H3. The van der Waals surface area contributed by atoms with E-state index in [9.17, 15) is 18.0 Å². The molecule has 0 aliphatic carbocycles. The lowest BCUT2D eigenvalue weighted by atomic mass is 10.0. The topological polar surface area (TPSA) is 44.1 Å². The molecule has 108 valence electrons. The van der Waals surface area contributed by atoms with E-state index < -0.39 is 23.9 Å². The summed E-state index contributed by atoms with van der Waals surface area (Å²) in [4.78, 5) is 11.8. The van der Waals surface area contributed by atoms with Gasteiger partial charge in [0.1, 0.15) is 6.04 Å². The van der Waals surface area contributed by atoms with Gasteiger partial charge in [-0.05, 0) is 25.3 Å². The van der Waals surface area contributed by atoms with Crippen LogP contribution in [0, 0.1) is 5.92 Å². The quantitative estimate of drug-likeness (QED) is 0.777. The molecular formula is C12H17F3N2O2. The number of hydrogen-bond acceptors (Lipinski definition) is 3. The highest BCUT2D eigenvalue weighted by Gasteiger charge is 2.35. The fourth-order valence-corrected chi connectivity index (χ4v) is 1.66. The molecule has 0 aromatic carbocycles. The summed E-state index contributed by atoms with van der Waals surface area (Å²) < 4.78 is 43.4. The van der Waals surface area contributed by atoms with Crippen LogP contribution in [0.1, 0.15) is 38.9 Å². The summed E-state index contributed by atoms with van der Waals surface area (Å²) in [5, 5.41) is 3.43. The molecule has 19 heavy (non-hydrogen) atoms. The molecule has 0 aliphatic heterocycles. The highest BCUT2D eigenvalue weighted by molar-refractivity contribution is 5.74. The largest absolute Gasteiger partial charge is 0.464 e. The first-order valence-corrected chi connectivity index (χ1v) is 6.04. The molecule has 0 N–H and O–H groups in total. The number of rotatable bonds is 5. The van der Waals surface area contributed by atoms with Crippen molar-refractivity contribution in [3.63, 3.8) is 0 Å². The van der Waals surface area contributed by atoms with E-state index in [0.717, 1.165) is 16.9 Å². The van der Waals surface area contributed by atoms with E-state index in [1.54, 1.807) is 6.92 Å². The van der Waals surface area contributed by atoms with Crippen LogP contribution in [-0.4, -0.2) is 22.4 Å². The van der Waals surface area contributed by atoms with Crippen LogP contribution in [0.15, 0.2) is 12.3 Å². The smallest absolute Gasteiger partial charge is 0.435 e. The Morgan fingerprint density at radius 3 is 2.53 bits per heavy atom. The second kappa shape index (κ2) is 6.08. The highest BCUT2D eigenvalue weighted by Crippen LogP contribution is 2.29. The van der Waals surface area contributed by atoms with Crippen molar-refractivity contribution in [1.29, 1.82) is 0 Å². The first kappa shape index (κ1) is 15.5. The van der Waals surface area contributed by atoms with Gasteiger partial charge in [-0.2, -0.15) is 18.3 Å². The number of nitrogens with zero attached hydrogens (tertiary/aromatic N) is 2. The molecule has 0 aliphatic rings. The molecule has 1 aromatic rings. The van der Waals surface area contributed by atoms with Crippen LogP contribution in [-0.2, 0) is 15.7 Å². The zero-order chi connectivity index (χ0) is 14.6. The molecule has 1 atom stereocenters. The Hall–Kier alpha value is -1.53. The van der Waals surface area contributed by atoms with Crippen molar-refractivity contribution in [2.75, 3.05) is 6.61 Å². The second-order valence-electron chi connectivity index (χ2n) is 4.58. The molecular weight excluding hydrogens is 261 g/mol. The van der Waals surface area contributed by atoms with Gasteiger partial charge in [-0.1, -0.05) is 13.8 Å². The third-order valence-corrected chi connectivity index (χ3v) is 2.47. The summed E-state index contributed by atoms with van der Waals surface area (Å²) in [6, 6.07) is 0.0306. The van der Waals surface area contributed by atoms with Crippen LogP contribution in [0.3, 0.4) is 0 Å². The third kappa shape index (κ3) is 4.25. The SMILES string of the molecule is CCOC(=O)C(CC(C)C)n1ccc(C(F)(F)F)n1. The molecule has 1 unspecified atom stereocenters. The summed E-state index contributed by atoms with van der Waals surface area (Å²) in [5.74, 6) is -0.430. The lowest BCUT2D eigenvalue weighted by Gasteiger charge is -2.18. The maximum atomic E-state index is 12.5. The van der Waals surface area contributed by atoms with Crippen molar-refractivity contribution in [2.45, 2.75) is 39.4 Å². The van der Waals surface area contributed by atoms with Gasteiger partial charge in [-0.3, -0.25) is 4.68 Å². The Kier molecular flexibility index (Phi) is 4.97. The van der Waals surface area contributed by atoms with Gasteiger partial charge in [0.15, 0.2) is 5.69 Å². The van der Waals surface area contributed by atoms with Gasteiger partial charge in [0.2, 0.25) is 0 Å². The lowest BCUT2D eigenvalue weighted by molar-refractivity contribution is -0.149. The summed E-state index contributed by atoms with van der Waals surface area (Å²) in [5.41, 5.74) is -1.01. The molecule has 7 heteroatoms.